The number of nitrogens with one attached hydrogen (secondary N) is 1. The van der Waals surface area contributed by atoms with Gasteiger partial charge < -0.3 is 9.47 Å². The summed E-state index contributed by atoms with van der Waals surface area (Å²) in [6, 6.07) is 9.55. The van der Waals surface area contributed by atoms with Crippen molar-refractivity contribution in [3.63, 3.8) is 0 Å². The predicted molar refractivity (Wildman–Crippen MR) is 84.7 cm³/mol. The zero-order chi connectivity index (χ0) is 17.0. The van der Waals surface area contributed by atoms with Crippen LogP contribution in [-0.2, 0) is 10.0 Å². The first-order valence-corrected chi connectivity index (χ1v) is 8.36. The second-order valence-electron chi connectivity index (χ2n) is 4.88. The van der Waals surface area contributed by atoms with Crippen molar-refractivity contribution < 1.29 is 22.3 Å². The van der Waals surface area contributed by atoms with Gasteiger partial charge in [0.25, 0.3) is 0 Å². The lowest BCUT2D eigenvalue weighted by molar-refractivity contribution is 0.400. The number of halogens is 1. The molecule has 2 aromatic carbocycles. The molecule has 0 radical (unpaired) electrons. The topological polar surface area (TPSA) is 64.6 Å². The molecule has 124 valence electrons. The van der Waals surface area contributed by atoms with E-state index in [4.69, 9.17) is 9.47 Å². The first-order chi connectivity index (χ1) is 10.9. The van der Waals surface area contributed by atoms with Gasteiger partial charge in [0.15, 0.2) is 0 Å². The molecule has 2 aromatic rings. The van der Waals surface area contributed by atoms with Gasteiger partial charge in [-0.2, -0.15) is 0 Å². The lowest BCUT2D eigenvalue weighted by Crippen LogP contribution is -2.27. The molecule has 0 spiro atoms. The maximum atomic E-state index is 13.5. The Labute approximate surface area is 135 Å². The molecule has 0 saturated carbocycles. The minimum atomic E-state index is -3.84. The zero-order valence-corrected chi connectivity index (χ0v) is 13.9. The minimum absolute atomic E-state index is 0.0183. The summed E-state index contributed by atoms with van der Waals surface area (Å²) >= 11 is 0. The molecule has 0 heterocycles. The standard InChI is InChI=1S/C16H18FNO4S/c1-11(13-10-12(17)8-9-14(13)21-2)18-23(19,20)16-7-5-4-6-15(16)22-3/h4-11,18H,1-3H3/t11-/m0/s1. The van der Waals surface area contributed by atoms with Crippen LogP contribution in [0.15, 0.2) is 47.4 Å². The molecule has 1 N–H and O–H groups in total. The van der Waals surface area contributed by atoms with Crippen LogP contribution in [-0.4, -0.2) is 22.6 Å². The van der Waals surface area contributed by atoms with E-state index in [9.17, 15) is 12.8 Å². The number of ether oxygens (including phenoxy) is 2. The van der Waals surface area contributed by atoms with E-state index in [1.807, 2.05) is 0 Å². The molecule has 0 unspecified atom stereocenters. The Morgan fingerprint density at radius 1 is 1.04 bits per heavy atom. The number of para-hydroxylation sites is 1. The second kappa shape index (κ2) is 6.97. The second-order valence-corrected chi connectivity index (χ2v) is 6.56. The van der Waals surface area contributed by atoms with Crippen molar-refractivity contribution in [3.8, 4) is 11.5 Å². The van der Waals surface area contributed by atoms with E-state index >= 15 is 0 Å². The summed E-state index contributed by atoms with van der Waals surface area (Å²) in [5.41, 5.74) is 0.408. The van der Waals surface area contributed by atoms with Crippen LogP contribution in [0.3, 0.4) is 0 Å². The molecule has 0 bridgehead atoms. The van der Waals surface area contributed by atoms with Crippen molar-refractivity contribution in [1.82, 2.24) is 4.72 Å². The van der Waals surface area contributed by atoms with Crippen molar-refractivity contribution in [2.45, 2.75) is 17.9 Å². The molecule has 0 amide bonds. The average Bonchev–Trinajstić information content (AvgIpc) is 2.54. The number of benzene rings is 2. The molecule has 23 heavy (non-hydrogen) atoms. The fourth-order valence-corrected chi connectivity index (χ4v) is 3.64. The van der Waals surface area contributed by atoms with Crippen LogP contribution in [0.2, 0.25) is 0 Å². The van der Waals surface area contributed by atoms with Gasteiger partial charge in [-0.05, 0) is 37.3 Å². The number of methoxy groups -OCH3 is 2. The Hall–Kier alpha value is -2.12. The van der Waals surface area contributed by atoms with Crippen LogP contribution in [0.4, 0.5) is 4.39 Å². The minimum Gasteiger partial charge on any atom is -0.496 e. The van der Waals surface area contributed by atoms with Crippen molar-refractivity contribution in [2.75, 3.05) is 14.2 Å². The lowest BCUT2D eigenvalue weighted by atomic mass is 10.1. The summed E-state index contributed by atoms with van der Waals surface area (Å²) in [4.78, 5) is 0.0183. The third kappa shape index (κ3) is 3.80. The first kappa shape index (κ1) is 17.2. The normalized spacial score (nSPS) is 12.7. The Morgan fingerprint density at radius 3 is 2.35 bits per heavy atom. The first-order valence-electron chi connectivity index (χ1n) is 6.88. The van der Waals surface area contributed by atoms with Crippen LogP contribution >= 0.6 is 0 Å². The van der Waals surface area contributed by atoms with Crippen LogP contribution in [0, 0.1) is 5.82 Å². The van der Waals surface area contributed by atoms with E-state index in [1.54, 1.807) is 25.1 Å². The number of sulfonamides is 1. The molecule has 0 aliphatic carbocycles. The van der Waals surface area contributed by atoms with E-state index in [-0.39, 0.29) is 10.6 Å². The number of hydrogen-bond donors (Lipinski definition) is 1. The van der Waals surface area contributed by atoms with Crippen LogP contribution < -0.4 is 14.2 Å². The summed E-state index contributed by atoms with van der Waals surface area (Å²) in [5.74, 6) is 0.171. The largest absolute Gasteiger partial charge is 0.496 e. The quantitative estimate of drug-likeness (QED) is 0.879. The zero-order valence-electron chi connectivity index (χ0n) is 13.0. The maximum absolute atomic E-state index is 13.5. The van der Waals surface area contributed by atoms with Crippen LogP contribution in [0.1, 0.15) is 18.5 Å². The van der Waals surface area contributed by atoms with Crippen LogP contribution in [0.5, 0.6) is 11.5 Å². The van der Waals surface area contributed by atoms with Gasteiger partial charge in [-0.15, -0.1) is 0 Å². The SMILES string of the molecule is COc1ccc(F)cc1[C@H](C)NS(=O)(=O)c1ccccc1OC. The van der Waals surface area contributed by atoms with E-state index < -0.39 is 21.9 Å². The highest BCUT2D eigenvalue weighted by molar-refractivity contribution is 7.89. The van der Waals surface area contributed by atoms with Gasteiger partial charge in [0.2, 0.25) is 10.0 Å². The fraction of sp³-hybridized carbons (Fsp3) is 0.250. The Balaban J connectivity index is 2.36. The predicted octanol–water partition coefficient (Wildman–Crippen LogP) is 2.88. The highest BCUT2D eigenvalue weighted by Gasteiger charge is 2.23. The average molecular weight is 339 g/mol. The summed E-state index contributed by atoms with van der Waals surface area (Å²) in [6.07, 6.45) is 0. The van der Waals surface area contributed by atoms with E-state index in [2.05, 4.69) is 4.72 Å². The highest BCUT2D eigenvalue weighted by Crippen LogP contribution is 2.29. The molecule has 0 fully saturated rings. The third-order valence-electron chi connectivity index (χ3n) is 3.35. The van der Waals surface area contributed by atoms with Gasteiger partial charge >= 0.3 is 0 Å². The van der Waals surface area contributed by atoms with Crippen molar-refractivity contribution in [2.24, 2.45) is 0 Å². The third-order valence-corrected chi connectivity index (χ3v) is 4.93. The summed E-state index contributed by atoms with van der Waals surface area (Å²) in [5, 5.41) is 0. The van der Waals surface area contributed by atoms with Gasteiger partial charge in [0, 0.05) is 11.6 Å². The monoisotopic (exact) mass is 339 g/mol. The molecule has 0 saturated heterocycles. The Kier molecular flexibility index (Phi) is 5.23. The molecule has 0 aromatic heterocycles. The summed E-state index contributed by atoms with van der Waals surface area (Å²) < 4.78 is 51.3. The van der Waals surface area contributed by atoms with E-state index in [0.29, 0.717) is 11.3 Å². The van der Waals surface area contributed by atoms with Crippen LogP contribution in [0.25, 0.3) is 0 Å². The maximum Gasteiger partial charge on any atom is 0.244 e. The molecule has 7 heteroatoms. The van der Waals surface area contributed by atoms with Gasteiger partial charge in [0.1, 0.15) is 22.2 Å². The van der Waals surface area contributed by atoms with E-state index in [1.165, 1.54) is 38.5 Å². The van der Waals surface area contributed by atoms with Crippen molar-refractivity contribution in [1.29, 1.82) is 0 Å². The molecular weight excluding hydrogens is 321 g/mol. The molecule has 5 nitrogen and oxygen atoms in total. The number of hydrogen-bond acceptors (Lipinski definition) is 4. The number of rotatable bonds is 6. The van der Waals surface area contributed by atoms with Crippen molar-refractivity contribution in [3.05, 3.63) is 53.8 Å². The van der Waals surface area contributed by atoms with Gasteiger partial charge in [0.05, 0.1) is 14.2 Å². The van der Waals surface area contributed by atoms with Gasteiger partial charge in [-0.3, -0.25) is 0 Å². The highest BCUT2D eigenvalue weighted by atomic mass is 32.2. The molecule has 1 atom stereocenters. The summed E-state index contributed by atoms with van der Waals surface area (Å²) in [7, 11) is -1.00. The smallest absolute Gasteiger partial charge is 0.244 e. The van der Waals surface area contributed by atoms with Crippen molar-refractivity contribution >= 4 is 10.0 Å². The van der Waals surface area contributed by atoms with E-state index in [0.717, 1.165) is 0 Å². The van der Waals surface area contributed by atoms with Gasteiger partial charge in [-0.1, -0.05) is 12.1 Å². The molecule has 0 aliphatic heterocycles. The lowest BCUT2D eigenvalue weighted by Gasteiger charge is -2.18. The molecule has 2 rings (SSSR count). The molecular formula is C16H18FNO4S. The Bertz CT molecular complexity index is 792. The Morgan fingerprint density at radius 2 is 1.70 bits per heavy atom. The summed E-state index contributed by atoms with van der Waals surface area (Å²) in [6.45, 7) is 1.62. The van der Waals surface area contributed by atoms with Gasteiger partial charge in [-0.25, -0.2) is 17.5 Å². The fourth-order valence-electron chi connectivity index (χ4n) is 2.24. The molecule has 0 aliphatic rings.